The number of carbonyl (C=O) groups is 1. The zero-order chi connectivity index (χ0) is 22.2. The molecule has 0 saturated carbocycles. The van der Waals surface area contributed by atoms with E-state index in [4.69, 9.17) is 10.8 Å². The predicted molar refractivity (Wildman–Crippen MR) is 123 cm³/mol. The van der Waals surface area contributed by atoms with Crippen molar-refractivity contribution < 1.29 is 4.79 Å². The Morgan fingerprint density at radius 1 is 1.16 bits per heavy atom. The second kappa shape index (κ2) is 8.01. The van der Waals surface area contributed by atoms with Gasteiger partial charge in [0, 0.05) is 30.4 Å². The lowest BCUT2D eigenvalue weighted by Crippen LogP contribution is -2.17. The molecule has 5 rings (SSSR count). The first-order valence-electron chi connectivity index (χ1n) is 10.5. The molecule has 9 heteroatoms. The molecule has 162 valence electrons. The Bertz CT molecular complexity index is 1300. The number of anilines is 2. The summed E-state index contributed by atoms with van der Waals surface area (Å²) in [6, 6.07) is 11.2. The largest absolute Gasteiger partial charge is 0.383 e. The van der Waals surface area contributed by atoms with Crippen molar-refractivity contribution in [1.29, 1.82) is 0 Å². The Labute approximate surface area is 185 Å². The third kappa shape index (κ3) is 3.67. The molecule has 32 heavy (non-hydrogen) atoms. The minimum absolute atomic E-state index is 0.220. The maximum Gasteiger partial charge on any atom is 0.256 e. The topological polar surface area (TPSA) is 115 Å². The number of aryl methyl sites for hydroxylation is 1. The van der Waals surface area contributed by atoms with Crippen LogP contribution in [-0.2, 0) is 0 Å². The lowest BCUT2D eigenvalue weighted by atomic mass is 10.1. The lowest BCUT2D eigenvalue weighted by Gasteiger charge is -2.11. The van der Waals surface area contributed by atoms with Crippen LogP contribution < -0.4 is 11.1 Å². The molecule has 0 radical (unpaired) electrons. The Balaban J connectivity index is 1.47. The van der Waals surface area contributed by atoms with Crippen LogP contribution in [0.3, 0.4) is 0 Å². The van der Waals surface area contributed by atoms with E-state index >= 15 is 0 Å². The second-order valence-electron chi connectivity index (χ2n) is 8.21. The van der Waals surface area contributed by atoms with E-state index < -0.39 is 0 Å². The van der Waals surface area contributed by atoms with Crippen molar-refractivity contribution >= 4 is 28.6 Å². The highest BCUT2D eigenvalue weighted by atomic mass is 16.1. The van der Waals surface area contributed by atoms with Gasteiger partial charge in [0.25, 0.3) is 5.91 Å². The molecule has 4 aromatic rings. The maximum absolute atomic E-state index is 12.6. The van der Waals surface area contributed by atoms with Crippen LogP contribution in [0.2, 0.25) is 0 Å². The number of rotatable bonds is 4. The van der Waals surface area contributed by atoms with E-state index in [2.05, 4.69) is 32.2 Å². The first-order chi connectivity index (χ1) is 15.5. The number of hydrogen-bond donors (Lipinski definition) is 2. The molecule has 1 fully saturated rings. The van der Waals surface area contributed by atoms with Gasteiger partial charge in [-0.2, -0.15) is 5.10 Å². The SMILES string of the molecule is Cc1ccnc(NC(=O)c2ccc(-c3nn(C4CCN(C)C4)c4ncnc(N)c34)cc2)c1. The van der Waals surface area contributed by atoms with Gasteiger partial charge in [0.15, 0.2) is 5.65 Å². The fourth-order valence-corrected chi connectivity index (χ4v) is 4.14. The molecule has 3 N–H and O–H groups in total. The highest BCUT2D eigenvalue weighted by Gasteiger charge is 2.26. The van der Waals surface area contributed by atoms with Gasteiger partial charge in [0.1, 0.15) is 23.7 Å². The Hall–Kier alpha value is -3.85. The molecule has 0 spiro atoms. The van der Waals surface area contributed by atoms with Crippen molar-refractivity contribution in [2.24, 2.45) is 0 Å². The van der Waals surface area contributed by atoms with E-state index in [1.54, 1.807) is 18.3 Å². The van der Waals surface area contributed by atoms with Crippen LogP contribution in [0.4, 0.5) is 11.6 Å². The summed E-state index contributed by atoms with van der Waals surface area (Å²) < 4.78 is 1.97. The molecule has 1 saturated heterocycles. The van der Waals surface area contributed by atoms with Crippen LogP contribution in [0.5, 0.6) is 0 Å². The van der Waals surface area contributed by atoms with E-state index in [9.17, 15) is 4.79 Å². The van der Waals surface area contributed by atoms with Gasteiger partial charge in [-0.3, -0.25) is 4.79 Å². The van der Waals surface area contributed by atoms with Crippen LogP contribution in [0.1, 0.15) is 28.4 Å². The zero-order valence-electron chi connectivity index (χ0n) is 18.0. The quantitative estimate of drug-likeness (QED) is 0.513. The maximum atomic E-state index is 12.6. The van der Waals surface area contributed by atoms with Crippen LogP contribution in [-0.4, -0.2) is 55.7 Å². The number of aromatic nitrogens is 5. The number of fused-ring (bicyclic) bond motifs is 1. The first-order valence-corrected chi connectivity index (χ1v) is 10.5. The minimum atomic E-state index is -0.220. The smallest absolute Gasteiger partial charge is 0.256 e. The van der Waals surface area contributed by atoms with Crippen molar-refractivity contribution in [3.8, 4) is 11.3 Å². The van der Waals surface area contributed by atoms with E-state index in [0.717, 1.165) is 47.4 Å². The number of nitrogen functional groups attached to an aromatic ring is 1. The molecule has 9 nitrogen and oxygen atoms in total. The average molecular weight is 429 g/mol. The molecular formula is C23H24N8O. The number of likely N-dealkylation sites (N-methyl/N-ethyl adjacent to an activating group) is 1. The summed E-state index contributed by atoms with van der Waals surface area (Å²) in [5.74, 6) is 0.701. The molecule has 4 heterocycles. The molecule has 1 aliphatic heterocycles. The fraction of sp³-hybridized carbons (Fsp3) is 0.261. The van der Waals surface area contributed by atoms with Gasteiger partial charge >= 0.3 is 0 Å². The summed E-state index contributed by atoms with van der Waals surface area (Å²) in [6.07, 6.45) is 4.15. The molecular weight excluding hydrogens is 404 g/mol. The van der Waals surface area contributed by atoms with Crippen LogP contribution in [0, 0.1) is 6.92 Å². The van der Waals surface area contributed by atoms with Gasteiger partial charge in [-0.25, -0.2) is 19.6 Å². The van der Waals surface area contributed by atoms with Crippen LogP contribution in [0.15, 0.2) is 48.9 Å². The zero-order valence-corrected chi connectivity index (χ0v) is 18.0. The normalized spacial score (nSPS) is 16.5. The average Bonchev–Trinajstić information content (AvgIpc) is 3.38. The summed E-state index contributed by atoms with van der Waals surface area (Å²) in [5, 5.41) is 8.45. The van der Waals surface area contributed by atoms with Crippen molar-refractivity contribution in [2.45, 2.75) is 19.4 Å². The molecule has 1 aromatic carbocycles. The molecule has 1 atom stereocenters. The summed E-state index contributed by atoms with van der Waals surface area (Å²) >= 11 is 0. The van der Waals surface area contributed by atoms with E-state index in [-0.39, 0.29) is 11.9 Å². The van der Waals surface area contributed by atoms with Gasteiger partial charge in [0.05, 0.1) is 11.4 Å². The Morgan fingerprint density at radius 2 is 1.97 bits per heavy atom. The van der Waals surface area contributed by atoms with Crippen LogP contribution >= 0.6 is 0 Å². The number of benzene rings is 1. The standard InChI is InChI=1S/C23H24N8O/c1-14-7-9-25-18(11-14)28-23(32)16-5-3-15(4-6-16)20-19-21(24)26-13-27-22(19)31(29-20)17-8-10-30(2)12-17/h3-7,9,11,13,17H,8,10,12H2,1-2H3,(H2,24,26,27)(H,25,28,32). The fourth-order valence-electron chi connectivity index (χ4n) is 4.14. The summed E-state index contributed by atoms with van der Waals surface area (Å²) in [7, 11) is 2.10. The molecule has 0 aliphatic carbocycles. The Morgan fingerprint density at radius 3 is 2.69 bits per heavy atom. The van der Waals surface area contributed by atoms with Crippen LogP contribution in [0.25, 0.3) is 22.3 Å². The van der Waals surface area contributed by atoms with E-state index in [0.29, 0.717) is 17.2 Å². The predicted octanol–water partition coefficient (Wildman–Crippen LogP) is 2.91. The molecule has 1 aliphatic rings. The molecule has 1 unspecified atom stereocenters. The highest BCUT2D eigenvalue weighted by molar-refractivity contribution is 6.04. The third-order valence-corrected chi connectivity index (χ3v) is 5.81. The van der Waals surface area contributed by atoms with E-state index in [1.165, 1.54) is 6.33 Å². The molecule has 0 bridgehead atoms. The second-order valence-corrected chi connectivity index (χ2v) is 8.21. The highest BCUT2D eigenvalue weighted by Crippen LogP contribution is 2.33. The van der Waals surface area contributed by atoms with Crippen molar-refractivity contribution in [3.05, 3.63) is 60.0 Å². The summed E-state index contributed by atoms with van der Waals surface area (Å²) in [6.45, 7) is 3.88. The van der Waals surface area contributed by atoms with Crippen molar-refractivity contribution in [2.75, 3.05) is 31.2 Å². The van der Waals surface area contributed by atoms with Crippen molar-refractivity contribution in [1.82, 2.24) is 29.6 Å². The third-order valence-electron chi connectivity index (χ3n) is 5.81. The minimum Gasteiger partial charge on any atom is -0.383 e. The van der Waals surface area contributed by atoms with Gasteiger partial charge in [-0.05, 0) is 50.2 Å². The summed E-state index contributed by atoms with van der Waals surface area (Å²) in [4.78, 5) is 27.8. The number of nitrogens with zero attached hydrogens (tertiary/aromatic N) is 6. The number of nitrogens with one attached hydrogen (secondary N) is 1. The number of amides is 1. The van der Waals surface area contributed by atoms with Gasteiger partial charge in [0.2, 0.25) is 0 Å². The monoisotopic (exact) mass is 428 g/mol. The van der Waals surface area contributed by atoms with Gasteiger partial charge in [-0.15, -0.1) is 0 Å². The lowest BCUT2D eigenvalue weighted by molar-refractivity contribution is 0.102. The number of pyridine rings is 1. The number of hydrogen-bond acceptors (Lipinski definition) is 7. The van der Waals surface area contributed by atoms with Gasteiger partial charge < -0.3 is 16.0 Å². The first kappa shape index (κ1) is 20.1. The van der Waals surface area contributed by atoms with Crippen molar-refractivity contribution in [3.63, 3.8) is 0 Å². The molecule has 3 aromatic heterocycles. The number of carbonyl (C=O) groups excluding carboxylic acids is 1. The number of likely N-dealkylation sites (tertiary alicyclic amines) is 1. The molecule has 1 amide bonds. The summed E-state index contributed by atoms with van der Waals surface area (Å²) in [5.41, 5.74) is 10.1. The number of nitrogens with two attached hydrogens (primary N) is 1. The Kier molecular flexibility index (Phi) is 5.02. The van der Waals surface area contributed by atoms with Gasteiger partial charge in [-0.1, -0.05) is 12.1 Å². The van der Waals surface area contributed by atoms with E-state index in [1.807, 2.05) is 35.9 Å².